The molecule has 0 atom stereocenters. The Kier molecular flexibility index (Phi) is 17.7. The third kappa shape index (κ3) is 17.1. The normalized spacial score (nSPS) is 13.0. The van der Waals surface area contributed by atoms with Crippen LogP contribution in [0, 0.1) is 32.1 Å². The summed E-state index contributed by atoms with van der Waals surface area (Å²) in [6, 6.07) is 45.4. The second kappa shape index (κ2) is 20.5. The smallest absolute Gasteiger partial charge is 0.0129 e. The van der Waals surface area contributed by atoms with Gasteiger partial charge in [-0.1, -0.05) is 242 Å². The summed E-state index contributed by atoms with van der Waals surface area (Å²) in [7, 11) is 0. The molecule has 5 aromatic rings. The Hall–Kier alpha value is -3.90. The molecule has 0 aromatic heterocycles. The fraction of sp³-hybridized carbons (Fsp3) is 0.464. The van der Waals surface area contributed by atoms with E-state index in [2.05, 4.69) is 252 Å². The maximum Gasteiger partial charge on any atom is -0.0129 e. The van der Waals surface area contributed by atoms with Crippen LogP contribution in [-0.2, 0) is 34.5 Å². The molecular weight excluding hydrogens is 673 g/mol. The van der Waals surface area contributed by atoms with Crippen molar-refractivity contribution in [2.24, 2.45) is 11.3 Å². The monoisotopic (exact) mass is 753 g/mol. The summed E-state index contributed by atoms with van der Waals surface area (Å²) in [5, 5.41) is 0. The minimum absolute atomic E-state index is 0.283. The van der Waals surface area contributed by atoms with Gasteiger partial charge in [-0.2, -0.15) is 0 Å². The fourth-order valence-electron chi connectivity index (χ4n) is 6.69. The van der Waals surface area contributed by atoms with E-state index in [1.165, 1.54) is 51.8 Å². The van der Waals surface area contributed by atoms with Gasteiger partial charge in [-0.25, -0.2) is 0 Å². The van der Waals surface area contributed by atoms with Crippen molar-refractivity contribution < 1.29 is 0 Å². The van der Waals surface area contributed by atoms with Crippen LogP contribution in [0.3, 0.4) is 0 Å². The predicted molar refractivity (Wildman–Crippen MR) is 252 cm³/mol. The average Bonchev–Trinajstić information content (AvgIpc) is 3.55. The van der Waals surface area contributed by atoms with Crippen LogP contribution >= 0.6 is 0 Å². The highest BCUT2D eigenvalue weighted by molar-refractivity contribution is 5.33. The molecule has 0 amide bonds. The molecule has 0 spiro atoms. The Morgan fingerprint density at radius 1 is 0.357 bits per heavy atom. The Bertz CT molecular complexity index is 1830. The highest BCUT2D eigenvalue weighted by atomic mass is 14.3. The number of hydrogen-bond donors (Lipinski definition) is 0. The number of rotatable bonds is 0. The maximum atomic E-state index is 2.35. The number of hydrogen-bond acceptors (Lipinski definition) is 0. The lowest BCUT2D eigenvalue weighted by Crippen LogP contribution is -2.20. The second-order valence-corrected chi connectivity index (χ2v) is 21.2. The Morgan fingerprint density at radius 2 is 0.768 bits per heavy atom. The van der Waals surface area contributed by atoms with Gasteiger partial charge < -0.3 is 0 Å². The van der Waals surface area contributed by atoms with Crippen LogP contribution in [0.15, 0.2) is 127 Å². The molecule has 0 aliphatic heterocycles. The zero-order chi connectivity index (χ0) is 42.5. The van der Waals surface area contributed by atoms with Crippen molar-refractivity contribution in [3.63, 3.8) is 0 Å². The van der Waals surface area contributed by atoms with Gasteiger partial charge in [-0.3, -0.25) is 0 Å². The first-order chi connectivity index (χ1) is 25.7. The molecule has 0 bridgehead atoms. The Labute approximate surface area is 346 Å². The van der Waals surface area contributed by atoms with E-state index in [0.29, 0.717) is 10.8 Å². The van der Waals surface area contributed by atoms with Gasteiger partial charge in [0.05, 0.1) is 0 Å². The molecule has 0 N–H and O–H groups in total. The van der Waals surface area contributed by atoms with Crippen LogP contribution in [0.2, 0.25) is 0 Å². The standard InChI is InChI=1S/C13H18.3C11H16.C10H14/c1-13(2,3)12-8-10-6-4-5-7-11(10)9-12;1-9-5-7-10(8-6-9)11(2,3)4;1-9-6-5-7-10(8-9)11(2,3)4;1-9-7-5-6-8-10(9)11(2,3)4;1-10(2,3)9-7-5-4-6-8-9/h4-7,12H,8-9H2,1-3H3;3*5-8H,1-4H3;4-8H,1-3H3. The van der Waals surface area contributed by atoms with E-state index in [4.69, 9.17) is 0 Å². The van der Waals surface area contributed by atoms with E-state index in [1.54, 1.807) is 11.1 Å². The van der Waals surface area contributed by atoms with E-state index >= 15 is 0 Å². The molecule has 1 aliphatic rings. The van der Waals surface area contributed by atoms with E-state index in [0.717, 1.165) is 5.92 Å². The SMILES string of the molecule is CC(C)(C)C1Cc2ccccc2C1.CC(C)(C)c1ccccc1.Cc1ccc(C(C)(C)C)cc1.Cc1cccc(C(C)(C)C)c1.Cc1ccccc1C(C)(C)C. The first-order valence-corrected chi connectivity index (χ1v) is 21.0. The van der Waals surface area contributed by atoms with E-state index in [9.17, 15) is 0 Å². The van der Waals surface area contributed by atoms with E-state index < -0.39 is 0 Å². The van der Waals surface area contributed by atoms with Gasteiger partial charge in [-0.05, 0) is 106 Å². The molecule has 5 aromatic carbocycles. The molecule has 0 saturated carbocycles. The summed E-state index contributed by atoms with van der Waals surface area (Å²) in [5.41, 5.74) is 14.5. The van der Waals surface area contributed by atoms with Crippen molar-refractivity contribution in [1.29, 1.82) is 0 Å². The van der Waals surface area contributed by atoms with Gasteiger partial charge >= 0.3 is 0 Å². The molecule has 304 valence electrons. The summed E-state index contributed by atoms with van der Waals surface area (Å²) in [4.78, 5) is 0. The first-order valence-electron chi connectivity index (χ1n) is 21.0. The summed E-state index contributed by atoms with van der Waals surface area (Å²) in [5.74, 6) is 0.838. The van der Waals surface area contributed by atoms with Crippen molar-refractivity contribution in [3.05, 3.63) is 177 Å². The number of benzene rings is 5. The topological polar surface area (TPSA) is 0 Å². The summed E-state index contributed by atoms with van der Waals surface area (Å²) in [6.45, 7) is 40.3. The van der Waals surface area contributed by atoms with Crippen molar-refractivity contribution in [2.75, 3.05) is 0 Å². The fourth-order valence-corrected chi connectivity index (χ4v) is 6.69. The Balaban J connectivity index is 0.000000242. The first kappa shape index (κ1) is 48.2. The van der Waals surface area contributed by atoms with Gasteiger partial charge in [0.2, 0.25) is 0 Å². The van der Waals surface area contributed by atoms with Crippen molar-refractivity contribution in [2.45, 2.75) is 159 Å². The van der Waals surface area contributed by atoms with Crippen molar-refractivity contribution >= 4 is 0 Å². The molecule has 6 rings (SSSR count). The summed E-state index contributed by atoms with van der Waals surface area (Å²) < 4.78 is 0. The second-order valence-electron chi connectivity index (χ2n) is 21.2. The minimum atomic E-state index is 0.283. The minimum Gasteiger partial charge on any atom is -0.0622 e. The molecule has 0 fully saturated rings. The zero-order valence-corrected chi connectivity index (χ0v) is 39.1. The average molecular weight is 753 g/mol. The highest BCUT2D eigenvalue weighted by Crippen LogP contribution is 2.38. The number of aryl methyl sites for hydroxylation is 3. The van der Waals surface area contributed by atoms with Crippen LogP contribution in [0.25, 0.3) is 0 Å². The lowest BCUT2D eigenvalue weighted by atomic mass is 9.79. The molecule has 0 nitrogen and oxygen atoms in total. The van der Waals surface area contributed by atoms with Gasteiger partial charge in [0.1, 0.15) is 0 Å². The van der Waals surface area contributed by atoms with Gasteiger partial charge in [0.25, 0.3) is 0 Å². The molecule has 0 heterocycles. The molecule has 0 heteroatoms. The maximum absolute atomic E-state index is 2.35. The molecular formula is C56H80. The summed E-state index contributed by atoms with van der Waals surface area (Å²) >= 11 is 0. The van der Waals surface area contributed by atoms with Gasteiger partial charge in [0.15, 0.2) is 0 Å². The predicted octanol–water partition coefficient (Wildman–Crippen LogP) is 16.3. The van der Waals surface area contributed by atoms with Crippen LogP contribution in [0.5, 0.6) is 0 Å². The molecule has 0 radical (unpaired) electrons. The summed E-state index contributed by atoms with van der Waals surface area (Å²) in [6.07, 6.45) is 2.55. The lowest BCUT2D eigenvalue weighted by molar-refractivity contribution is 0.251. The van der Waals surface area contributed by atoms with Crippen LogP contribution in [0.1, 0.15) is 154 Å². The third-order valence-electron chi connectivity index (χ3n) is 10.7. The molecule has 1 aliphatic carbocycles. The van der Waals surface area contributed by atoms with E-state index in [1.807, 2.05) is 0 Å². The quantitative estimate of drug-likeness (QED) is 0.148. The van der Waals surface area contributed by atoms with Crippen LogP contribution < -0.4 is 0 Å². The van der Waals surface area contributed by atoms with Gasteiger partial charge in [0, 0.05) is 0 Å². The lowest BCUT2D eigenvalue weighted by Gasteiger charge is -2.26. The molecule has 56 heavy (non-hydrogen) atoms. The van der Waals surface area contributed by atoms with Crippen LogP contribution in [-0.4, -0.2) is 0 Å². The van der Waals surface area contributed by atoms with E-state index in [-0.39, 0.29) is 16.2 Å². The highest BCUT2D eigenvalue weighted by Gasteiger charge is 2.30. The molecule has 0 saturated heterocycles. The zero-order valence-electron chi connectivity index (χ0n) is 39.1. The Morgan fingerprint density at radius 3 is 1.12 bits per heavy atom. The van der Waals surface area contributed by atoms with Crippen molar-refractivity contribution in [1.82, 2.24) is 0 Å². The number of fused-ring (bicyclic) bond motifs is 1. The van der Waals surface area contributed by atoms with Gasteiger partial charge in [-0.15, -0.1) is 0 Å². The van der Waals surface area contributed by atoms with Crippen molar-refractivity contribution in [3.8, 4) is 0 Å². The molecule has 0 unspecified atom stereocenters. The largest absolute Gasteiger partial charge is 0.0622 e. The third-order valence-corrected chi connectivity index (χ3v) is 10.7. The van der Waals surface area contributed by atoms with Crippen LogP contribution in [0.4, 0.5) is 0 Å².